The molecule has 3 N–H and O–H groups in total. The first-order chi connectivity index (χ1) is 9.70. The maximum atomic E-state index is 4.54. The van der Waals surface area contributed by atoms with Gasteiger partial charge in [-0.2, -0.15) is 21.7 Å². The van der Waals surface area contributed by atoms with Gasteiger partial charge < -0.3 is 15.6 Å². The number of aromatic amines is 1. The molecule has 0 aromatic carbocycles. The smallest absolute Gasteiger partial charge is 0.226 e. The molecular weight excluding hydrogens is 272 g/mol. The van der Waals surface area contributed by atoms with Crippen LogP contribution in [-0.2, 0) is 0 Å². The molecule has 0 bridgehead atoms. The third kappa shape index (κ3) is 2.67. The second kappa shape index (κ2) is 5.47. The van der Waals surface area contributed by atoms with Gasteiger partial charge >= 0.3 is 0 Å². The van der Waals surface area contributed by atoms with Gasteiger partial charge in [0.05, 0.1) is 6.33 Å². The number of hydrogen-bond acceptors (Lipinski definition) is 6. The lowest BCUT2D eigenvalue weighted by atomic mass is 10.1. The Kier molecular flexibility index (Phi) is 3.69. The Morgan fingerprint density at radius 2 is 2.30 bits per heavy atom. The number of rotatable bonds is 5. The van der Waals surface area contributed by atoms with E-state index >= 15 is 0 Å². The first-order valence-electron chi connectivity index (χ1n) is 7.03. The Balaban J connectivity index is 1.83. The molecular formula is C13H20N6S. The van der Waals surface area contributed by atoms with E-state index < -0.39 is 0 Å². The summed E-state index contributed by atoms with van der Waals surface area (Å²) >= 11 is 2.04. The number of nitrogens with zero attached hydrogens (tertiary/aromatic N) is 3. The average Bonchev–Trinajstić information content (AvgIpc) is 3.06. The Morgan fingerprint density at radius 1 is 1.40 bits per heavy atom. The standard InChI is InChI=1S/C13H20N6S/c1-3-14-12-18-10(9-11(19-12)17-8-16-9)15-7-13(2)5-4-6-20-13/h8H,3-7H2,1-2H3,(H3,14,15,16,17,18,19). The molecule has 6 nitrogen and oxygen atoms in total. The highest BCUT2D eigenvalue weighted by Gasteiger charge is 2.29. The third-order valence-corrected chi connectivity index (χ3v) is 5.09. The summed E-state index contributed by atoms with van der Waals surface area (Å²) in [5, 5.41) is 6.62. The Hall–Kier alpha value is -1.50. The zero-order valence-electron chi connectivity index (χ0n) is 11.9. The van der Waals surface area contributed by atoms with Crippen LogP contribution >= 0.6 is 11.8 Å². The normalized spacial score (nSPS) is 22.3. The van der Waals surface area contributed by atoms with E-state index in [1.807, 2.05) is 18.7 Å². The lowest BCUT2D eigenvalue weighted by Crippen LogP contribution is -2.27. The second-order valence-corrected chi connectivity index (χ2v) is 6.97. The lowest BCUT2D eigenvalue weighted by Gasteiger charge is -2.23. The monoisotopic (exact) mass is 292 g/mol. The lowest BCUT2D eigenvalue weighted by molar-refractivity contribution is 0.634. The molecule has 1 fully saturated rings. The quantitative estimate of drug-likeness (QED) is 0.786. The number of hydrogen-bond donors (Lipinski definition) is 3. The maximum Gasteiger partial charge on any atom is 0.226 e. The van der Waals surface area contributed by atoms with E-state index in [1.54, 1.807) is 6.33 Å². The van der Waals surface area contributed by atoms with Crippen LogP contribution in [0.1, 0.15) is 26.7 Å². The van der Waals surface area contributed by atoms with Crippen molar-refractivity contribution in [3.63, 3.8) is 0 Å². The van der Waals surface area contributed by atoms with E-state index in [2.05, 4.69) is 37.5 Å². The molecule has 1 unspecified atom stereocenters. The van der Waals surface area contributed by atoms with Gasteiger partial charge in [0, 0.05) is 17.8 Å². The average molecular weight is 292 g/mol. The zero-order chi connectivity index (χ0) is 14.0. The highest BCUT2D eigenvalue weighted by Crippen LogP contribution is 2.37. The molecule has 0 radical (unpaired) electrons. The fourth-order valence-corrected chi connectivity index (χ4v) is 3.69. The highest BCUT2D eigenvalue weighted by molar-refractivity contribution is 8.00. The van der Waals surface area contributed by atoms with Crippen molar-refractivity contribution in [1.29, 1.82) is 0 Å². The molecule has 0 saturated carbocycles. The highest BCUT2D eigenvalue weighted by atomic mass is 32.2. The van der Waals surface area contributed by atoms with Crippen LogP contribution in [0, 0.1) is 0 Å². The molecule has 20 heavy (non-hydrogen) atoms. The third-order valence-electron chi connectivity index (χ3n) is 3.55. The van der Waals surface area contributed by atoms with Crippen molar-refractivity contribution in [3.05, 3.63) is 6.33 Å². The summed E-state index contributed by atoms with van der Waals surface area (Å²) in [6, 6.07) is 0. The molecule has 0 amide bonds. The predicted molar refractivity (Wildman–Crippen MR) is 84.4 cm³/mol. The molecule has 2 aromatic heterocycles. The van der Waals surface area contributed by atoms with Gasteiger partial charge in [-0.1, -0.05) is 0 Å². The fourth-order valence-electron chi connectivity index (χ4n) is 2.45. The molecule has 1 saturated heterocycles. The number of nitrogens with one attached hydrogen (secondary N) is 3. The molecule has 3 rings (SSSR count). The van der Waals surface area contributed by atoms with Gasteiger partial charge in [0.15, 0.2) is 11.5 Å². The van der Waals surface area contributed by atoms with Crippen LogP contribution in [0.4, 0.5) is 11.8 Å². The van der Waals surface area contributed by atoms with Crippen LogP contribution in [0.15, 0.2) is 6.33 Å². The minimum Gasteiger partial charge on any atom is -0.367 e. The topological polar surface area (TPSA) is 78.5 Å². The van der Waals surface area contributed by atoms with E-state index in [1.165, 1.54) is 18.6 Å². The maximum absolute atomic E-state index is 4.54. The SMILES string of the molecule is CCNc1nc(NCC2(C)CCCS2)c2[nH]cnc2n1. The van der Waals surface area contributed by atoms with Crippen LogP contribution in [0.25, 0.3) is 11.2 Å². The summed E-state index contributed by atoms with van der Waals surface area (Å²) in [5.41, 5.74) is 1.57. The zero-order valence-corrected chi connectivity index (χ0v) is 12.7. The molecule has 0 aliphatic carbocycles. The van der Waals surface area contributed by atoms with E-state index in [0.29, 0.717) is 16.3 Å². The van der Waals surface area contributed by atoms with Gasteiger partial charge in [-0.15, -0.1) is 0 Å². The number of anilines is 2. The largest absolute Gasteiger partial charge is 0.367 e. The Labute approximate surface area is 122 Å². The molecule has 2 aromatic rings. The van der Waals surface area contributed by atoms with Crippen molar-refractivity contribution >= 4 is 34.7 Å². The van der Waals surface area contributed by atoms with E-state index in [0.717, 1.165) is 24.4 Å². The van der Waals surface area contributed by atoms with Crippen molar-refractivity contribution in [3.8, 4) is 0 Å². The number of imidazole rings is 1. The second-order valence-electron chi connectivity index (χ2n) is 5.28. The first kappa shape index (κ1) is 13.5. The van der Waals surface area contributed by atoms with Crippen LogP contribution in [-0.4, -0.2) is 43.5 Å². The molecule has 1 atom stereocenters. The van der Waals surface area contributed by atoms with Gasteiger partial charge in [-0.3, -0.25) is 0 Å². The van der Waals surface area contributed by atoms with Crippen molar-refractivity contribution in [2.75, 3.05) is 29.5 Å². The van der Waals surface area contributed by atoms with Crippen LogP contribution < -0.4 is 10.6 Å². The van der Waals surface area contributed by atoms with Crippen LogP contribution in [0.2, 0.25) is 0 Å². The molecule has 7 heteroatoms. The van der Waals surface area contributed by atoms with Gasteiger partial charge in [0.1, 0.15) is 5.52 Å². The predicted octanol–water partition coefficient (Wildman–Crippen LogP) is 2.48. The van der Waals surface area contributed by atoms with Gasteiger partial charge in [0.25, 0.3) is 0 Å². The number of H-pyrrole nitrogens is 1. The molecule has 0 spiro atoms. The van der Waals surface area contributed by atoms with Gasteiger partial charge in [-0.25, -0.2) is 4.98 Å². The number of fused-ring (bicyclic) bond motifs is 1. The molecule has 1 aliphatic rings. The molecule has 1 aliphatic heterocycles. The number of aromatic nitrogens is 4. The Morgan fingerprint density at radius 3 is 3.05 bits per heavy atom. The minimum atomic E-state index is 0.301. The summed E-state index contributed by atoms with van der Waals surface area (Å²) in [5.74, 6) is 2.71. The molecule has 108 valence electrons. The van der Waals surface area contributed by atoms with E-state index in [9.17, 15) is 0 Å². The van der Waals surface area contributed by atoms with Crippen LogP contribution in [0.3, 0.4) is 0 Å². The summed E-state index contributed by atoms with van der Waals surface area (Å²) in [6.45, 7) is 6.05. The van der Waals surface area contributed by atoms with Gasteiger partial charge in [-0.05, 0) is 32.4 Å². The summed E-state index contributed by atoms with van der Waals surface area (Å²) in [4.78, 5) is 16.3. The van der Waals surface area contributed by atoms with E-state index in [4.69, 9.17) is 0 Å². The summed E-state index contributed by atoms with van der Waals surface area (Å²) < 4.78 is 0.301. The fraction of sp³-hybridized carbons (Fsp3) is 0.615. The van der Waals surface area contributed by atoms with E-state index in [-0.39, 0.29) is 0 Å². The van der Waals surface area contributed by atoms with Crippen molar-refractivity contribution in [2.24, 2.45) is 0 Å². The van der Waals surface area contributed by atoms with Crippen molar-refractivity contribution in [1.82, 2.24) is 19.9 Å². The van der Waals surface area contributed by atoms with Crippen molar-refractivity contribution < 1.29 is 0 Å². The Bertz CT molecular complexity index is 590. The van der Waals surface area contributed by atoms with Crippen molar-refractivity contribution in [2.45, 2.75) is 31.4 Å². The first-order valence-corrected chi connectivity index (χ1v) is 8.01. The van der Waals surface area contributed by atoms with Crippen LogP contribution in [0.5, 0.6) is 0 Å². The number of thioether (sulfide) groups is 1. The summed E-state index contributed by atoms with van der Waals surface area (Å²) in [7, 11) is 0. The van der Waals surface area contributed by atoms with Gasteiger partial charge in [0.2, 0.25) is 5.95 Å². The minimum absolute atomic E-state index is 0.301. The molecule has 3 heterocycles. The summed E-state index contributed by atoms with van der Waals surface area (Å²) in [6.07, 6.45) is 4.21.